The molecular formula is C19H13NOSe. The Balaban J connectivity index is 1.92. The summed E-state index contributed by atoms with van der Waals surface area (Å²) in [4.78, 5) is 13.2. The molecule has 1 aliphatic heterocycles. The molecule has 22 heavy (non-hydrogen) atoms. The van der Waals surface area contributed by atoms with Gasteiger partial charge in [-0.25, -0.2) is 0 Å². The van der Waals surface area contributed by atoms with Crippen LogP contribution >= 0.6 is 0 Å². The molecule has 0 amide bonds. The second-order valence-corrected chi connectivity index (χ2v) is 7.36. The number of rotatable bonds is 2. The normalized spacial score (nSPS) is 12.5. The molecule has 0 saturated heterocycles. The van der Waals surface area contributed by atoms with Gasteiger partial charge in [-0.15, -0.1) is 0 Å². The Labute approximate surface area is 135 Å². The van der Waals surface area contributed by atoms with Crippen LogP contribution in [0.5, 0.6) is 0 Å². The number of anilines is 3. The van der Waals surface area contributed by atoms with E-state index in [1.165, 1.54) is 20.3 Å². The predicted molar refractivity (Wildman–Crippen MR) is 91.5 cm³/mol. The maximum atomic E-state index is 10.9. The van der Waals surface area contributed by atoms with Crippen LogP contribution in [0.15, 0.2) is 72.8 Å². The van der Waals surface area contributed by atoms with Crippen LogP contribution in [0.1, 0.15) is 10.4 Å². The van der Waals surface area contributed by atoms with Gasteiger partial charge in [0, 0.05) is 0 Å². The van der Waals surface area contributed by atoms with Crippen molar-refractivity contribution in [1.29, 1.82) is 0 Å². The first-order valence-electron chi connectivity index (χ1n) is 7.08. The van der Waals surface area contributed by atoms with Gasteiger partial charge in [0.05, 0.1) is 0 Å². The van der Waals surface area contributed by atoms with Crippen molar-refractivity contribution in [3.8, 4) is 0 Å². The van der Waals surface area contributed by atoms with Crippen molar-refractivity contribution in [2.75, 3.05) is 4.90 Å². The fourth-order valence-electron chi connectivity index (χ4n) is 2.68. The van der Waals surface area contributed by atoms with Crippen molar-refractivity contribution in [2.45, 2.75) is 0 Å². The number of nitrogens with zero attached hydrogens (tertiary/aromatic N) is 1. The number of aldehydes is 1. The molecule has 3 heteroatoms. The third-order valence-electron chi connectivity index (χ3n) is 3.72. The van der Waals surface area contributed by atoms with E-state index in [0.717, 1.165) is 12.0 Å². The molecule has 0 aromatic heterocycles. The van der Waals surface area contributed by atoms with Crippen molar-refractivity contribution >= 4 is 47.2 Å². The Kier molecular flexibility index (Phi) is 3.30. The summed E-state index contributed by atoms with van der Waals surface area (Å²) in [5, 5.41) is 0. The SMILES string of the molecule is O=Cc1ccc(N2c3ccccc3[Se]c3ccccc32)cc1. The molecule has 3 aromatic carbocycles. The van der Waals surface area contributed by atoms with Crippen molar-refractivity contribution in [2.24, 2.45) is 0 Å². The molecule has 1 aliphatic rings. The quantitative estimate of drug-likeness (QED) is 0.409. The van der Waals surface area contributed by atoms with Gasteiger partial charge in [-0.2, -0.15) is 0 Å². The predicted octanol–water partition coefficient (Wildman–Crippen LogP) is 2.94. The van der Waals surface area contributed by atoms with Gasteiger partial charge in [0.25, 0.3) is 0 Å². The van der Waals surface area contributed by atoms with Crippen molar-refractivity contribution < 1.29 is 4.79 Å². The standard InChI is InChI=1S/C19H13NOSe/c21-13-14-9-11-15(12-10-14)20-16-5-1-3-7-18(16)22-19-8-4-2-6-17(19)20/h1-13H. The molecule has 0 aliphatic carbocycles. The van der Waals surface area contributed by atoms with E-state index < -0.39 is 0 Å². The zero-order valence-electron chi connectivity index (χ0n) is 11.8. The second-order valence-electron chi connectivity index (χ2n) is 5.08. The minimum absolute atomic E-state index is 0.326. The maximum absolute atomic E-state index is 10.9. The zero-order valence-corrected chi connectivity index (χ0v) is 13.5. The summed E-state index contributed by atoms with van der Waals surface area (Å²) < 4.78 is 2.77. The molecular weight excluding hydrogens is 337 g/mol. The fourth-order valence-corrected chi connectivity index (χ4v) is 4.90. The van der Waals surface area contributed by atoms with Crippen molar-refractivity contribution in [3.63, 3.8) is 0 Å². The van der Waals surface area contributed by atoms with Crippen molar-refractivity contribution in [1.82, 2.24) is 0 Å². The summed E-state index contributed by atoms with van der Waals surface area (Å²) in [6.45, 7) is 0. The molecule has 0 N–H and O–H groups in total. The molecule has 0 saturated carbocycles. The zero-order chi connectivity index (χ0) is 14.9. The van der Waals surface area contributed by atoms with E-state index in [1.807, 2.05) is 24.3 Å². The molecule has 0 unspecified atom stereocenters. The fraction of sp³-hybridized carbons (Fsp3) is 0. The van der Waals surface area contributed by atoms with Gasteiger partial charge in [0.2, 0.25) is 0 Å². The van der Waals surface area contributed by atoms with Gasteiger partial charge in [-0.1, -0.05) is 0 Å². The Morgan fingerprint density at radius 3 is 1.82 bits per heavy atom. The number of benzene rings is 3. The number of para-hydroxylation sites is 2. The molecule has 3 aromatic rings. The van der Waals surface area contributed by atoms with E-state index in [4.69, 9.17) is 0 Å². The first-order valence-corrected chi connectivity index (χ1v) is 8.79. The van der Waals surface area contributed by atoms with Crippen LogP contribution in [0.3, 0.4) is 0 Å². The number of hydrogen-bond donors (Lipinski definition) is 0. The molecule has 0 radical (unpaired) electrons. The monoisotopic (exact) mass is 351 g/mol. The van der Waals surface area contributed by atoms with E-state index in [-0.39, 0.29) is 0 Å². The second kappa shape index (κ2) is 5.45. The van der Waals surface area contributed by atoms with Crippen LogP contribution < -0.4 is 13.8 Å². The van der Waals surface area contributed by atoms with Crippen LogP contribution in [-0.2, 0) is 0 Å². The summed E-state index contributed by atoms with van der Waals surface area (Å²) in [6, 6.07) is 24.9. The molecule has 4 rings (SSSR count). The van der Waals surface area contributed by atoms with Gasteiger partial charge >= 0.3 is 135 Å². The molecule has 0 atom stereocenters. The number of carbonyl (C=O) groups is 1. The van der Waals surface area contributed by atoms with Crippen LogP contribution in [-0.4, -0.2) is 21.2 Å². The molecule has 2 nitrogen and oxygen atoms in total. The summed E-state index contributed by atoms with van der Waals surface area (Å²) in [7, 11) is 0. The first kappa shape index (κ1) is 13.3. The summed E-state index contributed by atoms with van der Waals surface area (Å²) in [5.41, 5.74) is 4.26. The van der Waals surface area contributed by atoms with Gasteiger partial charge < -0.3 is 0 Å². The van der Waals surface area contributed by atoms with Gasteiger partial charge in [0.15, 0.2) is 0 Å². The van der Waals surface area contributed by atoms with E-state index >= 15 is 0 Å². The molecule has 0 spiro atoms. The summed E-state index contributed by atoms with van der Waals surface area (Å²) in [6.07, 6.45) is 0.880. The van der Waals surface area contributed by atoms with Crippen molar-refractivity contribution in [3.05, 3.63) is 78.4 Å². The summed E-state index contributed by atoms with van der Waals surface area (Å²) >= 11 is 0.326. The Morgan fingerprint density at radius 1 is 0.727 bits per heavy atom. The Bertz CT molecular complexity index is 797. The Morgan fingerprint density at radius 2 is 1.27 bits per heavy atom. The van der Waals surface area contributed by atoms with Crippen LogP contribution in [0, 0.1) is 0 Å². The first-order chi connectivity index (χ1) is 10.9. The third-order valence-corrected chi connectivity index (χ3v) is 6.09. The average Bonchev–Trinajstić information content (AvgIpc) is 2.60. The van der Waals surface area contributed by atoms with Crippen LogP contribution in [0.25, 0.3) is 0 Å². The molecule has 1 heterocycles. The van der Waals surface area contributed by atoms with E-state index in [0.29, 0.717) is 20.5 Å². The number of hydrogen-bond acceptors (Lipinski definition) is 2. The molecule has 0 bridgehead atoms. The average molecular weight is 350 g/mol. The minimum atomic E-state index is 0.326. The number of fused-ring (bicyclic) bond motifs is 2. The van der Waals surface area contributed by atoms with E-state index in [2.05, 4.69) is 53.4 Å². The van der Waals surface area contributed by atoms with Crippen LogP contribution in [0.2, 0.25) is 0 Å². The van der Waals surface area contributed by atoms with Gasteiger partial charge in [-0.3, -0.25) is 0 Å². The van der Waals surface area contributed by atoms with E-state index in [9.17, 15) is 4.79 Å². The molecule has 106 valence electrons. The molecule has 0 fully saturated rings. The van der Waals surface area contributed by atoms with Gasteiger partial charge in [0.1, 0.15) is 0 Å². The van der Waals surface area contributed by atoms with Gasteiger partial charge in [-0.05, 0) is 0 Å². The number of carbonyl (C=O) groups excluding carboxylic acids is 1. The Hall–Kier alpha value is -2.35. The third kappa shape index (κ3) is 2.15. The van der Waals surface area contributed by atoms with Crippen LogP contribution in [0.4, 0.5) is 17.1 Å². The topological polar surface area (TPSA) is 20.3 Å². The summed E-state index contributed by atoms with van der Waals surface area (Å²) in [5.74, 6) is 0. The van der Waals surface area contributed by atoms with E-state index in [1.54, 1.807) is 0 Å².